The summed E-state index contributed by atoms with van der Waals surface area (Å²) in [4.78, 5) is 2.41. The van der Waals surface area contributed by atoms with Gasteiger partial charge in [-0.3, -0.25) is 0 Å². The first-order chi connectivity index (χ1) is 6.40. The van der Waals surface area contributed by atoms with Crippen molar-refractivity contribution < 1.29 is 0 Å². The Morgan fingerprint density at radius 1 is 1.31 bits per heavy atom. The fourth-order valence-electron chi connectivity index (χ4n) is 1.90. The Morgan fingerprint density at radius 3 is 2.69 bits per heavy atom. The van der Waals surface area contributed by atoms with Gasteiger partial charge in [0, 0.05) is 18.8 Å². The van der Waals surface area contributed by atoms with E-state index in [-0.39, 0.29) is 0 Å². The van der Waals surface area contributed by atoms with Crippen LogP contribution < -0.4 is 4.90 Å². The van der Waals surface area contributed by atoms with Crippen LogP contribution in [-0.2, 0) is 0 Å². The van der Waals surface area contributed by atoms with Gasteiger partial charge in [0.2, 0.25) is 0 Å². The van der Waals surface area contributed by atoms with E-state index in [4.69, 9.17) is 7.85 Å². The molecule has 1 atom stereocenters. The van der Waals surface area contributed by atoms with Gasteiger partial charge < -0.3 is 4.90 Å². The van der Waals surface area contributed by atoms with Gasteiger partial charge in [0.05, 0.1) is 7.85 Å². The molecule has 0 amide bonds. The number of para-hydroxylation sites is 1. The van der Waals surface area contributed by atoms with Crippen LogP contribution in [0, 0.1) is 5.92 Å². The lowest BCUT2D eigenvalue weighted by molar-refractivity contribution is 0.658. The first-order valence-corrected chi connectivity index (χ1v) is 4.90. The van der Waals surface area contributed by atoms with E-state index in [1.807, 2.05) is 0 Å². The van der Waals surface area contributed by atoms with Crippen molar-refractivity contribution in [2.75, 3.05) is 18.0 Å². The predicted octanol–water partition coefficient (Wildman–Crippen LogP) is 2.10. The average molecular weight is 171 g/mol. The fourth-order valence-corrected chi connectivity index (χ4v) is 1.90. The molecule has 1 nitrogen and oxygen atoms in total. The van der Waals surface area contributed by atoms with Gasteiger partial charge in [-0.15, -0.1) is 0 Å². The van der Waals surface area contributed by atoms with E-state index in [2.05, 4.69) is 35.2 Å². The molecule has 0 spiro atoms. The van der Waals surface area contributed by atoms with Crippen molar-refractivity contribution in [2.45, 2.75) is 12.7 Å². The first-order valence-electron chi connectivity index (χ1n) is 4.90. The molecular formula is C11H14BN. The van der Waals surface area contributed by atoms with E-state index >= 15 is 0 Å². The second-order valence-electron chi connectivity index (χ2n) is 3.67. The van der Waals surface area contributed by atoms with E-state index in [0.29, 0.717) is 5.92 Å². The van der Waals surface area contributed by atoms with Crippen LogP contribution in [0.3, 0.4) is 0 Å². The number of nitrogens with zero attached hydrogens (tertiary/aromatic N) is 1. The third-order valence-corrected chi connectivity index (χ3v) is 2.74. The van der Waals surface area contributed by atoms with Crippen LogP contribution in [0.15, 0.2) is 30.3 Å². The summed E-state index contributed by atoms with van der Waals surface area (Å²) < 4.78 is 0. The van der Waals surface area contributed by atoms with E-state index in [1.165, 1.54) is 12.1 Å². The fraction of sp³-hybridized carbons (Fsp3) is 0.455. The van der Waals surface area contributed by atoms with Crippen LogP contribution in [0.5, 0.6) is 0 Å². The van der Waals surface area contributed by atoms with Crippen molar-refractivity contribution in [3.05, 3.63) is 30.3 Å². The molecule has 1 saturated heterocycles. The van der Waals surface area contributed by atoms with Gasteiger partial charge in [0.15, 0.2) is 0 Å². The zero-order valence-corrected chi connectivity index (χ0v) is 7.82. The second kappa shape index (κ2) is 3.86. The zero-order chi connectivity index (χ0) is 9.10. The summed E-state index contributed by atoms with van der Waals surface area (Å²) in [7, 11) is 5.65. The number of benzene rings is 1. The maximum absolute atomic E-state index is 5.65. The maximum atomic E-state index is 5.65. The molecule has 1 fully saturated rings. The van der Waals surface area contributed by atoms with Crippen molar-refractivity contribution >= 4 is 13.5 Å². The predicted molar refractivity (Wildman–Crippen MR) is 57.3 cm³/mol. The lowest BCUT2D eigenvalue weighted by Crippen LogP contribution is -2.19. The summed E-state index contributed by atoms with van der Waals surface area (Å²) in [5.74, 6) is 0.695. The van der Waals surface area contributed by atoms with Crippen LogP contribution in [0.2, 0.25) is 6.32 Å². The molecule has 0 bridgehead atoms. The van der Waals surface area contributed by atoms with Gasteiger partial charge >= 0.3 is 0 Å². The normalized spacial score (nSPS) is 22.2. The summed E-state index contributed by atoms with van der Waals surface area (Å²) in [5, 5.41) is 0. The van der Waals surface area contributed by atoms with Gasteiger partial charge in [-0.1, -0.05) is 24.5 Å². The van der Waals surface area contributed by atoms with Gasteiger partial charge in [-0.25, -0.2) is 0 Å². The third-order valence-electron chi connectivity index (χ3n) is 2.74. The lowest BCUT2D eigenvalue weighted by Gasteiger charge is -2.18. The van der Waals surface area contributed by atoms with Gasteiger partial charge in [-0.2, -0.15) is 0 Å². The van der Waals surface area contributed by atoms with Gasteiger partial charge in [0.1, 0.15) is 0 Å². The smallest absolute Gasteiger partial charge is 0.0657 e. The van der Waals surface area contributed by atoms with Crippen molar-refractivity contribution in [2.24, 2.45) is 5.92 Å². The maximum Gasteiger partial charge on any atom is 0.0657 e. The standard InChI is InChI=1S/C11H14BN/c12-8-10-6-7-13(9-10)11-4-2-1-3-5-11/h1-5,10H,6-9H2. The highest BCUT2D eigenvalue weighted by Crippen LogP contribution is 2.24. The molecule has 0 N–H and O–H groups in total. The summed E-state index contributed by atoms with van der Waals surface area (Å²) in [5.41, 5.74) is 1.33. The van der Waals surface area contributed by atoms with Crippen molar-refractivity contribution in [1.82, 2.24) is 0 Å². The Bertz CT molecular complexity index is 260. The Labute approximate surface area is 81.2 Å². The minimum atomic E-state index is 0.695. The number of rotatable bonds is 2. The van der Waals surface area contributed by atoms with Crippen LogP contribution in [0.1, 0.15) is 6.42 Å². The Hall–Kier alpha value is -0.915. The highest BCUT2D eigenvalue weighted by atomic mass is 15.1. The van der Waals surface area contributed by atoms with E-state index < -0.39 is 0 Å². The van der Waals surface area contributed by atoms with Crippen molar-refractivity contribution in [1.29, 1.82) is 0 Å². The Morgan fingerprint density at radius 2 is 2.08 bits per heavy atom. The molecule has 1 aromatic rings. The molecule has 1 aliphatic rings. The summed E-state index contributed by atoms with van der Waals surface area (Å²) >= 11 is 0. The van der Waals surface area contributed by atoms with Crippen LogP contribution >= 0.6 is 0 Å². The lowest BCUT2D eigenvalue weighted by atomic mass is 9.91. The Kier molecular flexibility index (Phi) is 2.58. The van der Waals surface area contributed by atoms with Gasteiger partial charge in [0.25, 0.3) is 0 Å². The first kappa shape index (κ1) is 8.67. The molecule has 2 rings (SSSR count). The molecular weight excluding hydrogens is 157 g/mol. The van der Waals surface area contributed by atoms with E-state index in [9.17, 15) is 0 Å². The van der Waals surface area contributed by atoms with Gasteiger partial charge in [-0.05, 0) is 24.5 Å². The number of hydrogen-bond donors (Lipinski definition) is 0. The van der Waals surface area contributed by atoms with Crippen LogP contribution in [0.4, 0.5) is 5.69 Å². The second-order valence-corrected chi connectivity index (χ2v) is 3.67. The molecule has 13 heavy (non-hydrogen) atoms. The molecule has 2 heteroatoms. The third kappa shape index (κ3) is 1.88. The molecule has 0 aromatic heterocycles. The molecule has 66 valence electrons. The van der Waals surface area contributed by atoms with E-state index in [1.54, 1.807) is 0 Å². The SMILES string of the molecule is [B]CC1CCN(c2ccccc2)C1. The molecule has 1 aliphatic heterocycles. The quantitative estimate of drug-likeness (QED) is 0.616. The number of anilines is 1. The van der Waals surface area contributed by atoms with E-state index in [0.717, 1.165) is 19.4 Å². The zero-order valence-electron chi connectivity index (χ0n) is 7.82. The molecule has 0 saturated carbocycles. The van der Waals surface area contributed by atoms with Crippen molar-refractivity contribution in [3.8, 4) is 0 Å². The number of hydrogen-bond acceptors (Lipinski definition) is 1. The molecule has 1 heterocycles. The molecule has 2 radical (unpaired) electrons. The minimum Gasteiger partial charge on any atom is -0.371 e. The summed E-state index contributed by atoms with van der Waals surface area (Å²) in [6.07, 6.45) is 2.06. The topological polar surface area (TPSA) is 3.24 Å². The molecule has 0 aliphatic carbocycles. The minimum absolute atomic E-state index is 0.695. The Balaban J connectivity index is 2.04. The van der Waals surface area contributed by atoms with Crippen molar-refractivity contribution in [3.63, 3.8) is 0 Å². The average Bonchev–Trinajstić information content (AvgIpc) is 2.67. The molecule has 1 aromatic carbocycles. The van der Waals surface area contributed by atoms with Crippen LogP contribution in [0.25, 0.3) is 0 Å². The monoisotopic (exact) mass is 171 g/mol. The van der Waals surface area contributed by atoms with Crippen LogP contribution in [-0.4, -0.2) is 20.9 Å². The largest absolute Gasteiger partial charge is 0.371 e. The summed E-state index contributed by atoms with van der Waals surface area (Å²) in [6.45, 7) is 2.28. The highest BCUT2D eigenvalue weighted by Gasteiger charge is 2.20. The molecule has 1 unspecified atom stereocenters. The summed E-state index contributed by atoms with van der Waals surface area (Å²) in [6, 6.07) is 10.6. The highest BCUT2D eigenvalue weighted by molar-refractivity contribution is 6.08.